The van der Waals surface area contributed by atoms with Crippen LogP contribution in [0.15, 0.2) is 24.3 Å². The number of ether oxygens (including phenoxy) is 1. The minimum absolute atomic E-state index is 0.00120. The molecule has 0 aliphatic carbocycles. The molecule has 0 saturated heterocycles. The number of sulfonamides is 1. The van der Waals surface area contributed by atoms with Crippen LogP contribution < -0.4 is 14.8 Å². The number of rotatable bonds is 9. The number of amides is 1. The van der Waals surface area contributed by atoms with Crippen LogP contribution in [0.5, 0.6) is 5.75 Å². The van der Waals surface area contributed by atoms with Crippen LogP contribution in [-0.2, 0) is 19.6 Å². The molecule has 1 aromatic carbocycles. The normalized spacial score (nSPS) is 11.9. The second kappa shape index (κ2) is 8.19. The van der Waals surface area contributed by atoms with Gasteiger partial charge in [-0.05, 0) is 52.0 Å². The summed E-state index contributed by atoms with van der Waals surface area (Å²) in [7, 11) is -3.91. The number of nitrogens with one attached hydrogen (secondary N) is 2. The van der Waals surface area contributed by atoms with Crippen LogP contribution in [0.1, 0.15) is 27.7 Å². The van der Waals surface area contributed by atoms with Crippen molar-refractivity contribution in [2.75, 3.05) is 17.0 Å². The lowest BCUT2D eigenvalue weighted by atomic mass is 9.94. The summed E-state index contributed by atoms with van der Waals surface area (Å²) in [6.45, 7) is 6.45. The minimum atomic E-state index is -3.91. The zero-order valence-corrected chi connectivity index (χ0v) is 15.5. The Hall–Kier alpha value is -2.29. The zero-order chi connectivity index (χ0) is 19.3. The van der Waals surface area contributed by atoms with Gasteiger partial charge < -0.3 is 15.2 Å². The van der Waals surface area contributed by atoms with Crippen LogP contribution in [0.3, 0.4) is 0 Å². The molecule has 0 saturated carbocycles. The van der Waals surface area contributed by atoms with Crippen molar-refractivity contribution in [3.8, 4) is 5.75 Å². The smallest absolute Gasteiger partial charge is 0.310 e. The van der Waals surface area contributed by atoms with Crippen LogP contribution in [0.25, 0.3) is 0 Å². The molecule has 0 aromatic heterocycles. The van der Waals surface area contributed by atoms with Gasteiger partial charge in [0.15, 0.2) is 0 Å². The number of carboxylic acid groups (broad SMARTS) is 1. The van der Waals surface area contributed by atoms with Crippen molar-refractivity contribution in [2.24, 2.45) is 5.41 Å². The lowest BCUT2D eigenvalue weighted by molar-refractivity contribution is -0.146. The number of hydrogen-bond donors (Lipinski definition) is 3. The molecule has 0 atom stereocenters. The molecule has 1 aromatic rings. The molecule has 0 heterocycles. The summed E-state index contributed by atoms with van der Waals surface area (Å²) < 4.78 is 31.8. The maximum Gasteiger partial charge on any atom is 0.310 e. The van der Waals surface area contributed by atoms with Gasteiger partial charge in [-0.1, -0.05) is 0 Å². The van der Waals surface area contributed by atoms with Crippen LogP contribution >= 0.6 is 0 Å². The van der Waals surface area contributed by atoms with Gasteiger partial charge in [0.1, 0.15) is 11.5 Å². The average Bonchev–Trinajstić information content (AvgIpc) is 2.46. The largest absolute Gasteiger partial charge is 0.491 e. The van der Waals surface area contributed by atoms with E-state index in [-0.39, 0.29) is 12.6 Å². The van der Waals surface area contributed by atoms with Gasteiger partial charge in [-0.2, -0.15) is 0 Å². The number of aliphatic carboxylic acids is 1. The summed E-state index contributed by atoms with van der Waals surface area (Å²) in [6.07, 6.45) is 0.00120. The molecule has 25 heavy (non-hydrogen) atoms. The Labute approximate surface area is 147 Å². The van der Waals surface area contributed by atoms with Gasteiger partial charge in [-0.3, -0.25) is 14.3 Å². The first-order valence-electron chi connectivity index (χ1n) is 7.68. The lowest BCUT2D eigenvalue weighted by Gasteiger charge is -2.19. The molecule has 1 rings (SSSR count). The van der Waals surface area contributed by atoms with Crippen molar-refractivity contribution in [3.63, 3.8) is 0 Å². The maximum absolute atomic E-state index is 12.0. The maximum atomic E-state index is 12.0. The van der Waals surface area contributed by atoms with E-state index >= 15 is 0 Å². The lowest BCUT2D eigenvalue weighted by Crippen LogP contribution is -2.41. The van der Waals surface area contributed by atoms with E-state index in [1.54, 1.807) is 12.1 Å². The Morgan fingerprint density at radius 3 is 2.24 bits per heavy atom. The Bertz CT molecular complexity index is 711. The quantitative estimate of drug-likeness (QED) is 0.603. The molecule has 0 unspecified atom stereocenters. The van der Waals surface area contributed by atoms with Gasteiger partial charge in [0.25, 0.3) is 0 Å². The summed E-state index contributed by atoms with van der Waals surface area (Å²) in [5, 5.41) is 11.3. The van der Waals surface area contributed by atoms with E-state index in [9.17, 15) is 18.0 Å². The fourth-order valence-corrected chi connectivity index (χ4v) is 2.72. The molecule has 0 radical (unpaired) electrons. The van der Waals surface area contributed by atoms with Crippen molar-refractivity contribution >= 4 is 27.6 Å². The van der Waals surface area contributed by atoms with Gasteiger partial charge in [0, 0.05) is 12.2 Å². The molecule has 0 bridgehead atoms. The Morgan fingerprint density at radius 2 is 1.76 bits per heavy atom. The number of carboxylic acids is 1. The molecule has 0 fully saturated rings. The predicted molar refractivity (Wildman–Crippen MR) is 94.0 cm³/mol. The molecule has 0 aliphatic rings. The second-order valence-corrected chi connectivity index (χ2v) is 8.24. The third-order valence-corrected chi connectivity index (χ3v) is 4.32. The highest BCUT2D eigenvalue weighted by Gasteiger charge is 2.28. The highest BCUT2D eigenvalue weighted by Crippen LogP contribution is 2.18. The van der Waals surface area contributed by atoms with Crippen molar-refractivity contribution < 1.29 is 27.9 Å². The third kappa shape index (κ3) is 7.42. The summed E-state index contributed by atoms with van der Waals surface area (Å²) >= 11 is 0. The van der Waals surface area contributed by atoms with Crippen molar-refractivity contribution in [1.29, 1.82) is 0 Å². The van der Waals surface area contributed by atoms with E-state index in [4.69, 9.17) is 9.84 Å². The van der Waals surface area contributed by atoms with E-state index < -0.39 is 33.1 Å². The molecule has 9 heteroatoms. The molecule has 0 spiro atoms. The number of carbonyl (C=O) groups excluding carboxylic acids is 1. The Morgan fingerprint density at radius 1 is 1.20 bits per heavy atom. The first-order valence-corrected chi connectivity index (χ1v) is 9.34. The van der Waals surface area contributed by atoms with Crippen molar-refractivity contribution in [3.05, 3.63) is 24.3 Å². The number of anilines is 1. The molecule has 8 nitrogen and oxygen atoms in total. The topological polar surface area (TPSA) is 122 Å². The van der Waals surface area contributed by atoms with Gasteiger partial charge in [-0.15, -0.1) is 0 Å². The first-order chi connectivity index (χ1) is 11.4. The Kier molecular flexibility index (Phi) is 6.80. The molecule has 0 aliphatic heterocycles. The highest BCUT2D eigenvalue weighted by molar-refractivity contribution is 7.93. The minimum Gasteiger partial charge on any atom is -0.491 e. The van der Waals surface area contributed by atoms with Gasteiger partial charge in [0.05, 0.1) is 11.5 Å². The second-order valence-electron chi connectivity index (χ2n) is 6.52. The molecular weight excluding hydrogens is 348 g/mol. The SMILES string of the molecule is CC(C)Oc1ccc(NS(=O)(=O)CC(=O)NCC(C)(C)C(=O)O)cc1. The summed E-state index contributed by atoms with van der Waals surface area (Å²) in [4.78, 5) is 22.7. The zero-order valence-electron chi connectivity index (χ0n) is 14.7. The summed E-state index contributed by atoms with van der Waals surface area (Å²) in [5.41, 5.74) is -0.881. The number of carbonyl (C=O) groups is 2. The fraction of sp³-hybridized carbons (Fsp3) is 0.500. The van der Waals surface area contributed by atoms with Gasteiger partial charge in [0.2, 0.25) is 15.9 Å². The molecule has 3 N–H and O–H groups in total. The van der Waals surface area contributed by atoms with Crippen LogP contribution in [0, 0.1) is 5.41 Å². The van der Waals surface area contributed by atoms with E-state index in [0.717, 1.165) is 0 Å². The summed E-state index contributed by atoms with van der Waals surface area (Å²) in [5.74, 6) is -2.06. The highest BCUT2D eigenvalue weighted by atomic mass is 32.2. The predicted octanol–water partition coefficient (Wildman–Crippen LogP) is 1.44. The van der Waals surface area contributed by atoms with Crippen molar-refractivity contribution in [1.82, 2.24) is 5.32 Å². The fourth-order valence-electron chi connectivity index (χ4n) is 1.71. The average molecular weight is 372 g/mol. The van der Waals surface area contributed by atoms with Crippen molar-refractivity contribution in [2.45, 2.75) is 33.8 Å². The number of hydrogen-bond acceptors (Lipinski definition) is 5. The summed E-state index contributed by atoms with van der Waals surface area (Å²) in [6, 6.07) is 6.29. The van der Waals surface area contributed by atoms with Gasteiger partial charge in [-0.25, -0.2) is 8.42 Å². The van der Waals surface area contributed by atoms with E-state index in [1.807, 2.05) is 13.8 Å². The van der Waals surface area contributed by atoms with Gasteiger partial charge >= 0.3 is 5.97 Å². The monoisotopic (exact) mass is 372 g/mol. The van der Waals surface area contributed by atoms with Crippen LogP contribution in [-0.4, -0.2) is 43.8 Å². The van der Waals surface area contributed by atoms with E-state index in [1.165, 1.54) is 26.0 Å². The van der Waals surface area contributed by atoms with E-state index in [0.29, 0.717) is 11.4 Å². The molecule has 140 valence electrons. The first kappa shape index (κ1) is 20.8. The molecular formula is C16H24N2O6S. The standard InChI is InChI=1S/C16H24N2O6S/c1-11(2)24-13-7-5-12(6-8-13)18-25(22,23)9-14(19)17-10-16(3,4)15(20)21/h5-8,11,18H,9-10H2,1-4H3,(H,17,19)(H,20,21). The Balaban J connectivity index is 2.60. The van der Waals surface area contributed by atoms with E-state index in [2.05, 4.69) is 10.0 Å². The van der Waals surface area contributed by atoms with Crippen LogP contribution in [0.4, 0.5) is 5.69 Å². The third-order valence-electron chi connectivity index (χ3n) is 3.13. The molecule has 1 amide bonds. The number of benzene rings is 1. The van der Waals surface area contributed by atoms with Crippen LogP contribution in [0.2, 0.25) is 0 Å².